The van der Waals surface area contributed by atoms with Crippen molar-refractivity contribution in [3.63, 3.8) is 0 Å². The normalized spacial score (nSPS) is 10.5. The third kappa shape index (κ3) is 3.53. The van der Waals surface area contributed by atoms with Gasteiger partial charge in [-0.05, 0) is 12.1 Å². The van der Waals surface area contributed by atoms with Crippen molar-refractivity contribution in [2.75, 3.05) is 13.1 Å². The van der Waals surface area contributed by atoms with E-state index in [0.717, 1.165) is 23.1 Å². The lowest BCUT2D eigenvalue weighted by atomic mass is 10.2. The second kappa shape index (κ2) is 6.12. The minimum absolute atomic E-state index is 0.000583. The number of carbonyl (C=O) groups excluding carboxylic acids is 1. The highest BCUT2D eigenvalue weighted by atomic mass is 16.1. The number of benzene rings is 1. The van der Waals surface area contributed by atoms with Crippen LogP contribution in [0.4, 0.5) is 0 Å². The molecule has 2 N–H and O–H groups in total. The number of amides is 1. The van der Waals surface area contributed by atoms with Gasteiger partial charge in [-0.15, -0.1) is 0 Å². The highest BCUT2D eigenvalue weighted by Crippen LogP contribution is 2.11. The van der Waals surface area contributed by atoms with Crippen molar-refractivity contribution in [1.82, 2.24) is 15.6 Å². The number of carbonyl (C=O) groups is 1. The molecule has 0 radical (unpaired) electrons. The Morgan fingerprint density at radius 2 is 2.00 bits per heavy atom. The Kier molecular flexibility index (Phi) is 4.25. The number of hydrogen-bond acceptors (Lipinski definition) is 3. The predicted molar refractivity (Wildman–Crippen MR) is 72.1 cm³/mol. The fourth-order valence-electron chi connectivity index (χ4n) is 1.75. The van der Waals surface area contributed by atoms with Crippen molar-refractivity contribution in [2.24, 2.45) is 0 Å². The van der Waals surface area contributed by atoms with Gasteiger partial charge in [0.05, 0.1) is 11.2 Å². The van der Waals surface area contributed by atoms with E-state index in [0.29, 0.717) is 13.1 Å². The second-order valence-corrected chi connectivity index (χ2v) is 4.16. The summed E-state index contributed by atoms with van der Waals surface area (Å²) in [6.07, 6.45) is 0. The number of nitrogens with zero attached hydrogens (tertiary/aromatic N) is 1. The molecule has 0 aliphatic rings. The molecule has 0 fully saturated rings. The third-order valence-corrected chi connectivity index (χ3v) is 2.64. The van der Waals surface area contributed by atoms with Crippen LogP contribution in [0.1, 0.15) is 12.6 Å². The maximum Gasteiger partial charge on any atom is 0.216 e. The molecule has 4 nitrogen and oxygen atoms in total. The maximum atomic E-state index is 10.7. The van der Waals surface area contributed by atoms with Gasteiger partial charge in [0.1, 0.15) is 0 Å². The summed E-state index contributed by atoms with van der Waals surface area (Å²) in [6.45, 7) is 3.62. The van der Waals surface area contributed by atoms with Crippen molar-refractivity contribution in [3.8, 4) is 0 Å². The van der Waals surface area contributed by atoms with Gasteiger partial charge >= 0.3 is 0 Å². The molecule has 0 spiro atoms. The van der Waals surface area contributed by atoms with E-state index >= 15 is 0 Å². The van der Waals surface area contributed by atoms with Gasteiger partial charge in [0.15, 0.2) is 0 Å². The monoisotopic (exact) mass is 243 g/mol. The highest BCUT2D eigenvalue weighted by molar-refractivity contribution is 5.78. The van der Waals surface area contributed by atoms with Gasteiger partial charge in [0.2, 0.25) is 5.91 Å². The van der Waals surface area contributed by atoms with Crippen molar-refractivity contribution in [1.29, 1.82) is 0 Å². The minimum atomic E-state index is 0.000583. The van der Waals surface area contributed by atoms with Crippen LogP contribution in [0.2, 0.25) is 0 Å². The van der Waals surface area contributed by atoms with Crippen LogP contribution in [-0.2, 0) is 11.3 Å². The van der Waals surface area contributed by atoms with Gasteiger partial charge in [-0.25, -0.2) is 0 Å². The number of pyridine rings is 1. The van der Waals surface area contributed by atoms with Crippen molar-refractivity contribution in [2.45, 2.75) is 13.5 Å². The summed E-state index contributed by atoms with van der Waals surface area (Å²) < 4.78 is 0. The quantitative estimate of drug-likeness (QED) is 0.782. The Balaban J connectivity index is 1.86. The Labute approximate surface area is 106 Å². The summed E-state index contributed by atoms with van der Waals surface area (Å²) in [5.41, 5.74) is 2.02. The average molecular weight is 243 g/mol. The predicted octanol–water partition coefficient (Wildman–Crippen LogP) is 1.46. The molecule has 0 saturated heterocycles. The van der Waals surface area contributed by atoms with Gasteiger partial charge in [-0.3, -0.25) is 9.78 Å². The number of nitrogens with one attached hydrogen (secondary N) is 2. The average Bonchev–Trinajstić information content (AvgIpc) is 2.38. The molecule has 18 heavy (non-hydrogen) atoms. The third-order valence-electron chi connectivity index (χ3n) is 2.64. The molecule has 0 aliphatic heterocycles. The Bertz CT molecular complexity index is 539. The first-order chi connectivity index (χ1) is 8.75. The van der Waals surface area contributed by atoms with E-state index in [2.05, 4.69) is 27.8 Å². The summed E-state index contributed by atoms with van der Waals surface area (Å²) >= 11 is 0. The Hall–Kier alpha value is -1.94. The fraction of sp³-hybridized carbons (Fsp3) is 0.286. The molecule has 1 heterocycles. The smallest absolute Gasteiger partial charge is 0.216 e. The zero-order valence-electron chi connectivity index (χ0n) is 10.4. The van der Waals surface area contributed by atoms with E-state index in [1.807, 2.05) is 24.3 Å². The summed E-state index contributed by atoms with van der Waals surface area (Å²) in [6, 6.07) is 12.2. The summed E-state index contributed by atoms with van der Waals surface area (Å²) in [5.74, 6) is 0.000583. The van der Waals surface area contributed by atoms with Crippen LogP contribution in [0.15, 0.2) is 36.4 Å². The molecule has 1 aromatic carbocycles. The molecular formula is C14H17N3O. The van der Waals surface area contributed by atoms with Gasteiger partial charge in [0.25, 0.3) is 0 Å². The van der Waals surface area contributed by atoms with Crippen LogP contribution in [0.5, 0.6) is 0 Å². The van der Waals surface area contributed by atoms with Crippen molar-refractivity contribution >= 4 is 16.8 Å². The van der Waals surface area contributed by atoms with Crippen molar-refractivity contribution < 1.29 is 4.79 Å². The summed E-state index contributed by atoms with van der Waals surface area (Å²) in [7, 11) is 0. The van der Waals surface area contributed by atoms with Gasteiger partial charge in [0, 0.05) is 31.9 Å². The van der Waals surface area contributed by atoms with Crippen molar-refractivity contribution in [3.05, 3.63) is 42.1 Å². The number of rotatable bonds is 5. The van der Waals surface area contributed by atoms with E-state index in [1.165, 1.54) is 6.92 Å². The van der Waals surface area contributed by atoms with E-state index < -0.39 is 0 Å². The SMILES string of the molecule is CC(=O)NCCNCc1ccc2ccccc2n1. The lowest BCUT2D eigenvalue weighted by Crippen LogP contribution is -2.30. The van der Waals surface area contributed by atoms with Crippen LogP contribution in [0.25, 0.3) is 10.9 Å². The number of para-hydroxylation sites is 1. The second-order valence-electron chi connectivity index (χ2n) is 4.16. The minimum Gasteiger partial charge on any atom is -0.355 e. The molecule has 2 aromatic rings. The lowest BCUT2D eigenvalue weighted by molar-refractivity contribution is -0.118. The zero-order chi connectivity index (χ0) is 12.8. The van der Waals surface area contributed by atoms with Crippen LogP contribution in [0, 0.1) is 0 Å². The molecule has 0 bridgehead atoms. The Morgan fingerprint density at radius 3 is 2.83 bits per heavy atom. The highest BCUT2D eigenvalue weighted by Gasteiger charge is 1.97. The number of fused-ring (bicyclic) bond motifs is 1. The molecule has 0 unspecified atom stereocenters. The van der Waals surface area contributed by atoms with Crippen LogP contribution in [-0.4, -0.2) is 24.0 Å². The molecule has 4 heteroatoms. The maximum absolute atomic E-state index is 10.7. The van der Waals surface area contributed by atoms with E-state index in [-0.39, 0.29) is 5.91 Å². The first-order valence-electron chi connectivity index (χ1n) is 6.05. The van der Waals surface area contributed by atoms with E-state index in [1.54, 1.807) is 0 Å². The number of aromatic nitrogens is 1. The lowest BCUT2D eigenvalue weighted by Gasteiger charge is -2.06. The first kappa shape index (κ1) is 12.5. The van der Waals surface area contributed by atoms with Gasteiger partial charge in [-0.1, -0.05) is 24.3 Å². The van der Waals surface area contributed by atoms with E-state index in [9.17, 15) is 4.79 Å². The van der Waals surface area contributed by atoms with Gasteiger partial charge in [-0.2, -0.15) is 0 Å². The molecular weight excluding hydrogens is 226 g/mol. The molecule has 0 aliphatic carbocycles. The topological polar surface area (TPSA) is 54.0 Å². The van der Waals surface area contributed by atoms with Crippen LogP contribution < -0.4 is 10.6 Å². The molecule has 1 amide bonds. The molecule has 94 valence electrons. The largest absolute Gasteiger partial charge is 0.355 e. The summed E-state index contributed by atoms with van der Waals surface area (Å²) in [4.78, 5) is 15.2. The molecule has 2 rings (SSSR count). The molecule has 1 aromatic heterocycles. The van der Waals surface area contributed by atoms with Crippen LogP contribution in [0.3, 0.4) is 0 Å². The van der Waals surface area contributed by atoms with Gasteiger partial charge < -0.3 is 10.6 Å². The standard InChI is InChI=1S/C14H17N3O/c1-11(18)16-9-8-15-10-13-7-6-12-4-2-3-5-14(12)17-13/h2-7,15H,8-10H2,1H3,(H,16,18). The first-order valence-corrected chi connectivity index (χ1v) is 6.05. The van der Waals surface area contributed by atoms with Crippen LogP contribution >= 0.6 is 0 Å². The molecule has 0 saturated carbocycles. The number of hydrogen-bond donors (Lipinski definition) is 2. The Morgan fingerprint density at radius 1 is 1.17 bits per heavy atom. The zero-order valence-corrected chi connectivity index (χ0v) is 10.4. The molecule has 0 atom stereocenters. The summed E-state index contributed by atoms with van der Waals surface area (Å²) in [5, 5.41) is 7.14. The fourth-order valence-corrected chi connectivity index (χ4v) is 1.75. The van der Waals surface area contributed by atoms with E-state index in [4.69, 9.17) is 0 Å².